The Morgan fingerprint density at radius 2 is 1.82 bits per heavy atom. The van der Waals surface area contributed by atoms with Crippen LogP contribution in [0.3, 0.4) is 0 Å². The van der Waals surface area contributed by atoms with Crippen LogP contribution >= 0.6 is 11.6 Å². The first-order valence-electron chi connectivity index (χ1n) is 14.6. The quantitative estimate of drug-likeness (QED) is 0.246. The minimum atomic E-state index is -0.627. The Morgan fingerprint density at radius 3 is 2.57 bits per heavy atom. The standard InChI is InChI=1S/C37H33ClFN3O2/c1-21-14-24(20-44-33-13-12-25(39)16-29(33)38)22(2)27(15-21)34-28(19-40)36(41)42(31-17-37(3,4)18-32(43)35(31)34)30-11-7-9-23-8-5-6-10-26(23)30/h5-16,34H,17-18,20,41H2,1-4H3. The molecule has 6 rings (SSSR count). The Balaban J connectivity index is 1.53. The van der Waals surface area contributed by atoms with Crippen molar-refractivity contribution in [2.24, 2.45) is 11.1 Å². The first kappa shape index (κ1) is 29.5. The summed E-state index contributed by atoms with van der Waals surface area (Å²) in [6, 6.07) is 24.5. The number of nitrogens with two attached hydrogens (primary N) is 1. The summed E-state index contributed by atoms with van der Waals surface area (Å²) in [5, 5.41) is 12.9. The topological polar surface area (TPSA) is 79.3 Å². The van der Waals surface area contributed by atoms with E-state index in [2.05, 4.69) is 19.9 Å². The van der Waals surface area contributed by atoms with Gasteiger partial charge in [0, 0.05) is 23.1 Å². The maximum Gasteiger partial charge on any atom is 0.162 e. The third kappa shape index (κ3) is 5.12. The van der Waals surface area contributed by atoms with Gasteiger partial charge in [-0.2, -0.15) is 5.26 Å². The van der Waals surface area contributed by atoms with Crippen molar-refractivity contribution in [1.82, 2.24) is 0 Å². The number of carbonyl (C=O) groups excluding carboxylic acids is 1. The zero-order valence-corrected chi connectivity index (χ0v) is 25.9. The second kappa shape index (κ2) is 11.2. The molecule has 7 heteroatoms. The van der Waals surface area contributed by atoms with E-state index in [1.165, 1.54) is 18.2 Å². The third-order valence-electron chi connectivity index (χ3n) is 8.68. The fourth-order valence-corrected chi connectivity index (χ4v) is 6.88. The van der Waals surface area contributed by atoms with Gasteiger partial charge in [0.05, 0.1) is 28.3 Å². The molecule has 1 aliphatic carbocycles. The van der Waals surface area contributed by atoms with Crippen LogP contribution in [0.15, 0.2) is 95.5 Å². The molecular weight excluding hydrogens is 573 g/mol. The largest absolute Gasteiger partial charge is 0.487 e. The van der Waals surface area contributed by atoms with Crippen LogP contribution in [0, 0.1) is 36.4 Å². The molecule has 1 unspecified atom stereocenters. The molecule has 4 aromatic carbocycles. The number of ether oxygens (including phenoxy) is 1. The molecule has 0 bridgehead atoms. The molecule has 1 heterocycles. The third-order valence-corrected chi connectivity index (χ3v) is 8.97. The van der Waals surface area contributed by atoms with Crippen LogP contribution in [0.25, 0.3) is 10.8 Å². The molecule has 0 saturated heterocycles. The van der Waals surface area contributed by atoms with Crippen molar-refractivity contribution in [3.05, 3.63) is 129 Å². The van der Waals surface area contributed by atoms with Gasteiger partial charge in [-0.3, -0.25) is 9.69 Å². The van der Waals surface area contributed by atoms with Crippen LogP contribution in [-0.2, 0) is 11.4 Å². The zero-order valence-electron chi connectivity index (χ0n) is 25.2. The van der Waals surface area contributed by atoms with Crippen molar-refractivity contribution in [3.8, 4) is 11.8 Å². The van der Waals surface area contributed by atoms with E-state index in [-0.39, 0.29) is 22.8 Å². The minimum absolute atomic E-state index is 0.0172. The zero-order chi connectivity index (χ0) is 31.3. The molecule has 1 atom stereocenters. The van der Waals surface area contributed by atoms with E-state index in [1.54, 1.807) is 0 Å². The summed E-state index contributed by atoms with van der Waals surface area (Å²) in [5.41, 5.74) is 12.9. The number of hydrogen-bond donors (Lipinski definition) is 1. The highest BCUT2D eigenvalue weighted by atomic mass is 35.5. The second-order valence-corrected chi connectivity index (χ2v) is 12.9. The number of rotatable bonds is 5. The minimum Gasteiger partial charge on any atom is -0.487 e. The number of fused-ring (bicyclic) bond motifs is 1. The predicted octanol–water partition coefficient (Wildman–Crippen LogP) is 8.77. The maximum atomic E-state index is 14.2. The second-order valence-electron chi connectivity index (χ2n) is 12.5. The number of Topliss-reactive ketones (excluding diaryl/α,β-unsaturated/α-hetero) is 1. The summed E-state index contributed by atoms with van der Waals surface area (Å²) >= 11 is 6.22. The summed E-state index contributed by atoms with van der Waals surface area (Å²) < 4.78 is 19.6. The number of halogens is 2. The smallest absolute Gasteiger partial charge is 0.162 e. The molecule has 2 N–H and O–H groups in total. The lowest BCUT2D eigenvalue weighted by molar-refractivity contribution is -0.118. The summed E-state index contributed by atoms with van der Waals surface area (Å²) in [7, 11) is 0. The highest BCUT2D eigenvalue weighted by Crippen LogP contribution is 2.51. The molecule has 1 aliphatic heterocycles. The number of nitriles is 1. The van der Waals surface area contributed by atoms with E-state index in [0.717, 1.165) is 44.4 Å². The van der Waals surface area contributed by atoms with Gasteiger partial charge in [0.15, 0.2) is 5.78 Å². The Labute approximate surface area is 262 Å². The van der Waals surface area contributed by atoms with Crippen molar-refractivity contribution in [3.63, 3.8) is 0 Å². The molecule has 0 radical (unpaired) electrons. The van der Waals surface area contributed by atoms with Gasteiger partial charge in [-0.1, -0.05) is 79.5 Å². The van der Waals surface area contributed by atoms with Crippen molar-refractivity contribution < 1.29 is 13.9 Å². The first-order chi connectivity index (χ1) is 21.0. The van der Waals surface area contributed by atoms with Crippen LogP contribution in [0.5, 0.6) is 5.75 Å². The Bertz CT molecular complexity index is 1950. The van der Waals surface area contributed by atoms with Gasteiger partial charge >= 0.3 is 0 Å². The van der Waals surface area contributed by atoms with Crippen molar-refractivity contribution in [2.75, 3.05) is 4.90 Å². The fourth-order valence-electron chi connectivity index (χ4n) is 6.66. The number of hydrogen-bond acceptors (Lipinski definition) is 5. The molecule has 5 nitrogen and oxygen atoms in total. The van der Waals surface area contributed by atoms with E-state index in [1.807, 2.05) is 73.3 Å². The SMILES string of the molecule is Cc1cc(COc2ccc(F)cc2Cl)c(C)c(C2C(C#N)=C(N)N(c3cccc4ccccc34)C3=C2C(=O)CC(C)(C)C3)c1. The molecule has 0 fully saturated rings. The van der Waals surface area contributed by atoms with Gasteiger partial charge in [-0.05, 0) is 72.0 Å². The molecule has 44 heavy (non-hydrogen) atoms. The van der Waals surface area contributed by atoms with Gasteiger partial charge in [0.1, 0.15) is 24.0 Å². The van der Waals surface area contributed by atoms with Crippen LogP contribution < -0.4 is 15.4 Å². The highest BCUT2D eigenvalue weighted by Gasteiger charge is 2.45. The van der Waals surface area contributed by atoms with E-state index < -0.39 is 11.7 Å². The van der Waals surface area contributed by atoms with E-state index in [0.29, 0.717) is 35.6 Å². The monoisotopic (exact) mass is 605 g/mol. The normalized spacial score (nSPS) is 18.0. The van der Waals surface area contributed by atoms with Crippen molar-refractivity contribution in [2.45, 2.75) is 53.1 Å². The molecule has 0 spiro atoms. The molecule has 0 saturated carbocycles. The Morgan fingerprint density at radius 1 is 1.07 bits per heavy atom. The highest BCUT2D eigenvalue weighted by molar-refractivity contribution is 6.32. The number of ketones is 1. The van der Waals surface area contributed by atoms with E-state index in [9.17, 15) is 14.4 Å². The lowest BCUT2D eigenvalue weighted by Gasteiger charge is -2.44. The first-order valence-corrected chi connectivity index (χ1v) is 15.0. The maximum absolute atomic E-state index is 14.2. The van der Waals surface area contributed by atoms with Crippen LogP contribution in [0.1, 0.15) is 54.9 Å². The average molecular weight is 606 g/mol. The number of anilines is 1. The predicted molar refractivity (Wildman–Crippen MR) is 173 cm³/mol. The number of carbonyl (C=O) groups is 1. The molecule has 4 aromatic rings. The van der Waals surface area contributed by atoms with Gasteiger partial charge in [0.25, 0.3) is 0 Å². The average Bonchev–Trinajstić information content (AvgIpc) is 2.97. The van der Waals surface area contributed by atoms with Crippen molar-refractivity contribution >= 4 is 33.8 Å². The number of allylic oxidation sites excluding steroid dienone is 3. The summed E-state index contributed by atoms with van der Waals surface area (Å²) in [6.07, 6.45) is 0.991. The Kier molecular flexibility index (Phi) is 7.47. The van der Waals surface area contributed by atoms with Gasteiger partial charge in [0.2, 0.25) is 0 Å². The number of aryl methyl sites for hydroxylation is 1. The molecule has 222 valence electrons. The summed E-state index contributed by atoms with van der Waals surface area (Å²) in [6.45, 7) is 8.31. The van der Waals surface area contributed by atoms with Gasteiger partial charge in [-0.25, -0.2) is 4.39 Å². The number of benzene rings is 4. The van der Waals surface area contributed by atoms with Crippen LogP contribution in [0.2, 0.25) is 5.02 Å². The molecule has 0 amide bonds. The van der Waals surface area contributed by atoms with E-state index >= 15 is 0 Å². The molecule has 0 aromatic heterocycles. The fraction of sp³-hybridized carbons (Fsp3) is 0.243. The van der Waals surface area contributed by atoms with E-state index in [4.69, 9.17) is 22.1 Å². The summed E-state index contributed by atoms with van der Waals surface area (Å²) in [4.78, 5) is 16.1. The van der Waals surface area contributed by atoms with Gasteiger partial charge in [-0.15, -0.1) is 0 Å². The molecular formula is C37H33ClFN3O2. The summed E-state index contributed by atoms with van der Waals surface area (Å²) in [5.74, 6) is -0.351. The van der Waals surface area contributed by atoms with Crippen LogP contribution in [-0.4, -0.2) is 5.78 Å². The van der Waals surface area contributed by atoms with Crippen LogP contribution in [0.4, 0.5) is 10.1 Å². The lowest BCUT2D eigenvalue weighted by atomic mass is 9.67. The number of nitrogens with zero attached hydrogens (tertiary/aromatic N) is 2. The van der Waals surface area contributed by atoms with Crippen molar-refractivity contribution in [1.29, 1.82) is 5.26 Å². The molecule has 2 aliphatic rings. The van der Waals surface area contributed by atoms with Gasteiger partial charge < -0.3 is 10.5 Å². The lowest BCUT2D eigenvalue weighted by Crippen LogP contribution is -2.42. The Hall–Kier alpha value is -4.60.